The summed E-state index contributed by atoms with van der Waals surface area (Å²) in [7, 11) is 0. The number of hydrogen-bond acceptors (Lipinski definition) is 2. The molecular formula is C8H12BrNO. The highest BCUT2D eigenvalue weighted by atomic mass is 79.9. The maximum Gasteiger partial charge on any atom is 0.149 e. The molecule has 0 radical (unpaired) electrons. The number of halogens is 1. The molecule has 3 atom stereocenters. The zero-order valence-electron chi connectivity index (χ0n) is 6.35. The first-order valence-corrected chi connectivity index (χ1v) is 5.12. The number of nitrogens with one attached hydrogen (secondary N) is 1. The smallest absolute Gasteiger partial charge is 0.149 e. The van der Waals surface area contributed by atoms with E-state index in [1.54, 1.807) is 0 Å². The molecule has 0 spiro atoms. The average molecular weight is 218 g/mol. The van der Waals surface area contributed by atoms with Gasteiger partial charge in [-0.1, -0.05) is 22.4 Å². The molecule has 0 saturated carbocycles. The molecule has 3 unspecified atom stereocenters. The Morgan fingerprint density at radius 3 is 3.09 bits per heavy atom. The molecule has 2 rings (SSSR count). The fourth-order valence-corrected chi connectivity index (χ4v) is 2.63. The molecule has 0 aromatic heterocycles. The SMILES string of the molecule is O=C1CC2CCCC(N2)C1Br. The van der Waals surface area contributed by atoms with Gasteiger partial charge in [-0.2, -0.15) is 0 Å². The number of alkyl halides is 1. The number of Topliss-reactive ketones (excluding diaryl/α,β-unsaturated/α-hetero) is 1. The quantitative estimate of drug-likeness (QED) is 0.619. The van der Waals surface area contributed by atoms with Crippen molar-refractivity contribution in [1.29, 1.82) is 0 Å². The summed E-state index contributed by atoms with van der Waals surface area (Å²) in [5, 5.41) is 3.47. The van der Waals surface area contributed by atoms with Crippen LogP contribution >= 0.6 is 15.9 Å². The van der Waals surface area contributed by atoms with Crippen molar-refractivity contribution >= 4 is 21.7 Å². The highest BCUT2D eigenvalue weighted by molar-refractivity contribution is 9.10. The van der Waals surface area contributed by atoms with Crippen molar-refractivity contribution in [2.45, 2.75) is 42.6 Å². The number of rotatable bonds is 0. The van der Waals surface area contributed by atoms with Gasteiger partial charge in [-0.15, -0.1) is 0 Å². The van der Waals surface area contributed by atoms with E-state index in [0.717, 1.165) is 12.8 Å². The van der Waals surface area contributed by atoms with Gasteiger partial charge in [0.25, 0.3) is 0 Å². The Kier molecular flexibility index (Phi) is 2.02. The first kappa shape index (κ1) is 7.74. The van der Waals surface area contributed by atoms with E-state index in [2.05, 4.69) is 21.2 Å². The van der Waals surface area contributed by atoms with E-state index in [1.165, 1.54) is 12.8 Å². The van der Waals surface area contributed by atoms with Crippen LogP contribution in [0.2, 0.25) is 0 Å². The van der Waals surface area contributed by atoms with Crippen LogP contribution in [0.5, 0.6) is 0 Å². The van der Waals surface area contributed by atoms with Gasteiger partial charge in [0, 0.05) is 18.5 Å². The van der Waals surface area contributed by atoms with Gasteiger partial charge in [0.2, 0.25) is 0 Å². The van der Waals surface area contributed by atoms with E-state index in [4.69, 9.17) is 0 Å². The predicted molar refractivity (Wildman–Crippen MR) is 46.9 cm³/mol. The van der Waals surface area contributed by atoms with Crippen molar-refractivity contribution in [3.8, 4) is 0 Å². The van der Waals surface area contributed by atoms with E-state index in [0.29, 0.717) is 17.9 Å². The lowest BCUT2D eigenvalue weighted by molar-refractivity contribution is -0.121. The Bertz CT molecular complexity index is 183. The molecule has 0 aliphatic carbocycles. The van der Waals surface area contributed by atoms with E-state index >= 15 is 0 Å². The third kappa shape index (κ3) is 1.36. The maximum absolute atomic E-state index is 11.3. The summed E-state index contributed by atoms with van der Waals surface area (Å²) in [4.78, 5) is 11.4. The van der Waals surface area contributed by atoms with Crippen molar-refractivity contribution in [2.24, 2.45) is 0 Å². The second-order valence-electron chi connectivity index (χ2n) is 3.47. The number of piperidine rings is 2. The molecule has 2 aliphatic heterocycles. The van der Waals surface area contributed by atoms with Crippen LogP contribution in [-0.4, -0.2) is 22.7 Å². The lowest BCUT2D eigenvalue weighted by Crippen LogP contribution is -2.55. The molecule has 2 nitrogen and oxygen atoms in total. The van der Waals surface area contributed by atoms with Crippen molar-refractivity contribution in [3.05, 3.63) is 0 Å². The normalized spacial score (nSPS) is 44.1. The van der Waals surface area contributed by atoms with Gasteiger partial charge in [-0.05, 0) is 12.8 Å². The summed E-state index contributed by atoms with van der Waals surface area (Å²) < 4.78 is 0. The fourth-order valence-electron chi connectivity index (χ4n) is 2.03. The van der Waals surface area contributed by atoms with Crippen LogP contribution in [0.4, 0.5) is 0 Å². The lowest BCUT2D eigenvalue weighted by atomic mass is 9.86. The predicted octanol–water partition coefficient (Wildman–Crippen LogP) is 1.23. The highest BCUT2D eigenvalue weighted by Crippen LogP contribution is 2.27. The molecule has 2 fully saturated rings. The Hall–Kier alpha value is 0.110. The average Bonchev–Trinajstić information content (AvgIpc) is 2.01. The molecule has 0 aromatic rings. The summed E-state index contributed by atoms with van der Waals surface area (Å²) in [5.41, 5.74) is 0. The van der Waals surface area contributed by atoms with Crippen LogP contribution in [0, 0.1) is 0 Å². The summed E-state index contributed by atoms with van der Waals surface area (Å²) in [6.45, 7) is 0. The van der Waals surface area contributed by atoms with Crippen molar-refractivity contribution in [1.82, 2.24) is 5.32 Å². The zero-order valence-corrected chi connectivity index (χ0v) is 7.93. The molecule has 2 bridgehead atoms. The summed E-state index contributed by atoms with van der Waals surface area (Å²) in [6.07, 6.45) is 4.34. The molecular weight excluding hydrogens is 206 g/mol. The number of carbonyl (C=O) groups is 1. The minimum absolute atomic E-state index is 0.0825. The molecule has 3 heteroatoms. The first-order chi connectivity index (χ1) is 5.27. The van der Waals surface area contributed by atoms with Gasteiger partial charge in [0.1, 0.15) is 5.78 Å². The fraction of sp³-hybridized carbons (Fsp3) is 0.875. The van der Waals surface area contributed by atoms with Gasteiger partial charge in [0.05, 0.1) is 4.83 Å². The molecule has 2 heterocycles. The summed E-state index contributed by atoms with van der Waals surface area (Å²) in [6, 6.07) is 0.894. The number of fused-ring (bicyclic) bond motifs is 2. The minimum Gasteiger partial charge on any atom is -0.309 e. The van der Waals surface area contributed by atoms with Crippen LogP contribution in [0.1, 0.15) is 25.7 Å². The van der Waals surface area contributed by atoms with Gasteiger partial charge in [-0.25, -0.2) is 0 Å². The zero-order chi connectivity index (χ0) is 7.84. The van der Waals surface area contributed by atoms with Gasteiger partial charge < -0.3 is 5.32 Å². The van der Waals surface area contributed by atoms with Crippen molar-refractivity contribution in [2.75, 3.05) is 0 Å². The summed E-state index contributed by atoms with van der Waals surface area (Å²) in [5.74, 6) is 0.387. The van der Waals surface area contributed by atoms with E-state index in [9.17, 15) is 4.79 Å². The highest BCUT2D eigenvalue weighted by Gasteiger charge is 2.36. The Labute approximate surface area is 74.9 Å². The van der Waals surface area contributed by atoms with Crippen LogP contribution < -0.4 is 5.32 Å². The molecule has 0 aromatic carbocycles. The third-order valence-corrected chi connectivity index (χ3v) is 3.77. The first-order valence-electron chi connectivity index (χ1n) is 4.20. The molecule has 2 saturated heterocycles. The van der Waals surface area contributed by atoms with E-state index in [1.807, 2.05) is 0 Å². The van der Waals surface area contributed by atoms with Gasteiger partial charge >= 0.3 is 0 Å². The van der Waals surface area contributed by atoms with Gasteiger partial charge in [-0.3, -0.25) is 4.79 Å². The standard InChI is InChI=1S/C8H12BrNO/c9-8-6-3-1-2-5(10-6)4-7(8)11/h5-6,8,10H,1-4H2. The third-order valence-electron chi connectivity index (χ3n) is 2.63. The van der Waals surface area contributed by atoms with Crippen LogP contribution in [0.25, 0.3) is 0 Å². The maximum atomic E-state index is 11.3. The van der Waals surface area contributed by atoms with E-state index < -0.39 is 0 Å². The van der Waals surface area contributed by atoms with Gasteiger partial charge in [0.15, 0.2) is 0 Å². The van der Waals surface area contributed by atoms with Crippen molar-refractivity contribution < 1.29 is 4.79 Å². The number of ketones is 1. The molecule has 62 valence electrons. The summed E-state index contributed by atoms with van der Waals surface area (Å²) >= 11 is 3.43. The lowest BCUT2D eigenvalue weighted by Gasteiger charge is -2.38. The van der Waals surface area contributed by atoms with E-state index in [-0.39, 0.29) is 4.83 Å². The number of hydrogen-bond donors (Lipinski definition) is 1. The molecule has 11 heavy (non-hydrogen) atoms. The Morgan fingerprint density at radius 2 is 2.27 bits per heavy atom. The largest absolute Gasteiger partial charge is 0.309 e. The molecule has 0 amide bonds. The van der Waals surface area contributed by atoms with Crippen LogP contribution in [-0.2, 0) is 4.79 Å². The van der Waals surface area contributed by atoms with Crippen molar-refractivity contribution in [3.63, 3.8) is 0 Å². The molecule has 1 N–H and O–H groups in total. The monoisotopic (exact) mass is 217 g/mol. The minimum atomic E-state index is 0.0825. The molecule has 2 aliphatic rings. The number of carbonyl (C=O) groups excluding carboxylic acids is 1. The van der Waals surface area contributed by atoms with Crippen LogP contribution in [0.15, 0.2) is 0 Å². The van der Waals surface area contributed by atoms with Crippen LogP contribution in [0.3, 0.4) is 0 Å². The Balaban J connectivity index is 2.11. The second-order valence-corrected chi connectivity index (χ2v) is 4.46. The topological polar surface area (TPSA) is 29.1 Å². The Morgan fingerprint density at radius 1 is 1.45 bits per heavy atom. The second kappa shape index (κ2) is 2.87.